The Balaban J connectivity index is 4.11. The number of aliphatic carboxylic acids is 1. The molecular weight excluding hydrogens is 352 g/mol. The van der Waals surface area contributed by atoms with Crippen LogP contribution in [0.3, 0.4) is 0 Å². The average molecular weight is 399 g/mol. The van der Waals surface area contributed by atoms with E-state index in [2.05, 4.69) is 13.8 Å². The van der Waals surface area contributed by atoms with Crippen LogP contribution in [0.1, 0.15) is 136 Å². The van der Waals surface area contributed by atoms with Gasteiger partial charge in [-0.1, -0.05) is 97.3 Å². The third kappa shape index (κ3) is 17.1. The van der Waals surface area contributed by atoms with Crippen LogP contribution in [0.15, 0.2) is 0 Å². The van der Waals surface area contributed by atoms with Crippen LogP contribution < -0.4 is 0 Å². The molecule has 0 saturated carbocycles. The third-order valence-corrected chi connectivity index (χ3v) is 5.52. The van der Waals surface area contributed by atoms with Crippen LogP contribution in [0, 0.1) is 0 Å². The molecule has 166 valence electrons. The molecule has 0 spiro atoms. The van der Waals surface area contributed by atoms with E-state index in [0.29, 0.717) is 0 Å². The van der Waals surface area contributed by atoms with Gasteiger partial charge in [0, 0.05) is 0 Å². The Hall–Kier alpha value is -1.06. The maximum Gasteiger partial charge on any atom is 0.317 e. The summed E-state index contributed by atoms with van der Waals surface area (Å²) in [4.78, 5) is 22.7. The quantitative estimate of drug-likeness (QED) is 0.131. The van der Waals surface area contributed by atoms with E-state index in [1.807, 2.05) is 6.92 Å². The topological polar surface area (TPSA) is 63.6 Å². The van der Waals surface area contributed by atoms with Crippen molar-refractivity contribution in [3.8, 4) is 0 Å². The van der Waals surface area contributed by atoms with Gasteiger partial charge in [0.1, 0.15) is 12.0 Å². The highest BCUT2D eigenvalue weighted by Gasteiger charge is 2.28. The zero-order valence-corrected chi connectivity index (χ0v) is 18.9. The van der Waals surface area contributed by atoms with Crippen molar-refractivity contribution in [2.24, 2.45) is 0 Å². The molecule has 0 saturated heterocycles. The summed E-state index contributed by atoms with van der Waals surface area (Å²) in [6.45, 7) is 6.43. The van der Waals surface area contributed by atoms with Crippen molar-refractivity contribution in [2.45, 2.75) is 142 Å². The maximum absolute atomic E-state index is 11.9. The van der Waals surface area contributed by atoms with E-state index >= 15 is 0 Å². The van der Waals surface area contributed by atoms with Crippen LogP contribution >= 0.6 is 0 Å². The number of carboxylic acids is 1. The highest BCUT2D eigenvalue weighted by atomic mass is 16.6. The van der Waals surface area contributed by atoms with Gasteiger partial charge in [0.15, 0.2) is 0 Å². The standard InChI is InChI=1S/C24H46O4/c1-4-6-8-10-11-12-13-14-16-18-20-24(3,19-17-15-9-7-5-2)28-23(27)21-22(25)26/h4-21H2,1-3H3,(H,25,26). The molecule has 0 bridgehead atoms. The molecule has 4 heteroatoms. The lowest BCUT2D eigenvalue weighted by Gasteiger charge is -2.30. The lowest BCUT2D eigenvalue weighted by Crippen LogP contribution is -2.32. The van der Waals surface area contributed by atoms with Crippen molar-refractivity contribution in [1.29, 1.82) is 0 Å². The van der Waals surface area contributed by atoms with Gasteiger partial charge < -0.3 is 9.84 Å². The largest absolute Gasteiger partial charge is 0.481 e. The van der Waals surface area contributed by atoms with Gasteiger partial charge in [0.05, 0.1) is 0 Å². The number of ether oxygens (including phenoxy) is 1. The van der Waals surface area contributed by atoms with Crippen molar-refractivity contribution in [3.05, 3.63) is 0 Å². The first-order chi connectivity index (χ1) is 13.4. The summed E-state index contributed by atoms with van der Waals surface area (Å²) < 4.78 is 5.62. The van der Waals surface area contributed by atoms with Crippen LogP contribution in [-0.4, -0.2) is 22.6 Å². The highest BCUT2D eigenvalue weighted by molar-refractivity contribution is 5.90. The molecule has 0 amide bonds. The molecule has 4 nitrogen and oxygen atoms in total. The molecule has 0 heterocycles. The number of esters is 1. The first-order valence-electron chi connectivity index (χ1n) is 11.9. The van der Waals surface area contributed by atoms with E-state index in [4.69, 9.17) is 9.84 Å². The Labute approximate surface area is 173 Å². The van der Waals surface area contributed by atoms with Gasteiger partial charge in [-0.25, -0.2) is 0 Å². The van der Waals surface area contributed by atoms with Crippen molar-refractivity contribution in [1.82, 2.24) is 0 Å². The molecule has 0 aromatic heterocycles. The molecule has 0 aliphatic rings. The van der Waals surface area contributed by atoms with Crippen LogP contribution in [0.2, 0.25) is 0 Å². The fourth-order valence-electron chi connectivity index (χ4n) is 3.75. The summed E-state index contributed by atoms with van der Waals surface area (Å²) in [6.07, 6.45) is 19.8. The average Bonchev–Trinajstić information content (AvgIpc) is 2.62. The Morgan fingerprint density at radius 3 is 1.39 bits per heavy atom. The van der Waals surface area contributed by atoms with E-state index < -0.39 is 24.0 Å². The lowest BCUT2D eigenvalue weighted by atomic mass is 9.91. The van der Waals surface area contributed by atoms with E-state index in [1.54, 1.807) is 0 Å². The van der Waals surface area contributed by atoms with Crippen molar-refractivity contribution in [2.75, 3.05) is 0 Å². The Kier molecular flexibility index (Phi) is 17.3. The number of hydrogen-bond acceptors (Lipinski definition) is 3. The van der Waals surface area contributed by atoms with Gasteiger partial charge in [0.2, 0.25) is 0 Å². The molecule has 0 aliphatic carbocycles. The Morgan fingerprint density at radius 2 is 1.04 bits per heavy atom. The fourth-order valence-corrected chi connectivity index (χ4v) is 3.75. The van der Waals surface area contributed by atoms with Crippen LogP contribution in [0.4, 0.5) is 0 Å². The van der Waals surface area contributed by atoms with Gasteiger partial charge in [-0.2, -0.15) is 0 Å². The Bertz CT molecular complexity index is 394. The molecule has 1 atom stereocenters. The van der Waals surface area contributed by atoms with Crippen molar-refractivity contribution >= 4 is 11.9 Å². The van der Waals surface area contributed by atoms with E-state index in [9.17, 15) is 9.59 Å². The fraction of sp³-hybridized carbons (Fsp3) is 0.917. The Morgan fingerprint density at radius 1 is 0.679 bits per heavy atom. The van der Waals surface area contributed by atoms with Crippen molar-refractivity contribution < 1.29 is 19.4 Å². The molecule has 28 heavy (non-hydrogen) atoms. The molecule has 0 rings (SSSR count). The monoisotopic (exact) mass is 398 g/mol. The molecule has 0 aromatic rings. The normalized spacial score (nSPS) is 13.2. The van der Waals surface area contributed by atoms with E-state index in [0.717, 1.165) is 38.5 Å². The molecule has 0 aliphatic heterocycles. The molecular formula is C24H46O4. The first kappa shape index (κ1) is 26.9. The van der Waals surface area contributed by atoms with E-state index in [1.165, 1.54) is 70.6 Å². The summed E-state index contributed by atoms with van der Waals surface area (Å²) in [5, 5.41) is 8.82. The number of carboxylic acid groups (broad SMARTS) is 1. The zero-order valence-electron chi connectivity index (χ0n) is 18.9. The number of carbonyl (C=O) groups excluding carboxylic acids is 1. The summed E-state index contributed by atoms with van der Waals surface area (Å²) in [6, 6.07) is 0. The molecule has 1 N–H and O–H groups in total. The van der Waals surface area contributed by atoms with Crippen LogP contribution in [0.5, 0.6) is 0 Å². The first-order valence-corrected chi connectivity index (χ1v) is 11.9. The number of rotatable bonds is 20. The summed E-state index contributed by atoms with van der Waals surface area (Å²) in [7, 11) is 0. The van der Waals surface area contributed by atoms with Crippen LogP contribution in [-0.2, 0) is 14.3 Å². The SMILES string of the molecule is CCCCCCCCCCCCC(C)(CCCCCCC)OC(=O)CC(=O)O. The predicted molar refractivity (Wildman–Crippen MR) is 117 cm³/mol. The van der Waals surface area contributed by atoms with E-state index in [-0.39, 0.29) is 0 Å². The summed E-state index contributed by atoms with van der Waals surface area (Å²) in [5.74, 6) is -1.72. The van der Waals surface area contributed by atoms with Gasteiger partial charge in [-0.3, -0.25) is 9.59 Å². The van der Waals surface area contributed by atoms with Crippen LogP contribution in [0.25, 0.3) is 0 Å². The molecule has 0 fully saturated rings. The van der Waals surface area contributed by atoms with Crippen molar-refractivity contribution in [3.63, 3.8) is 0 Å². The minimum atomic E-state index is -1.12. The third-order valence-electron chi connectivity index (χ3n) is 5.52. The van der Waals surface area contributed by atoms with Gasteiger partial charge in [-0.15, -0.1) is 0 Å². The minimum Gasteiger partial charge on any atom is -0.481 e. The maximum atomic E-state index is 11.9. The minimum absolute atomic E-state index is 0.515. The smallest absolute Gasteiger partial charge is 0.317 e. The molecule has 0 aromatic carbocycles. The second-order valence-electron chi connectivity index (χ2n) is 8.59. The molecule has 1 unspecified atom stereocenters. The zero-order chi connectivity index (χ0) is 21.1. The molecule has 0 radical (unpaired) electrons. The van der Waals surface area contributed by atoms with Gasteiger partial charge >= 0.3 is 11.9 Å². The summed E-state index contributed by atoms with van der Waals surface area (Å²) >= 11 is 0. The summed E-state index contributed by atoms with van der Waals surface area (Å²) in [5.41, 5.74) is -0.515. The lowest BCUT2D eigenvalue weighted by molar-refractivity contribution is -0.163. The van der Waals surface area contributed by atoms with Gasteiger partial charge in [0.25, 0.3) is 0 Å². The number of hydrogen-bond donors (Lipinski definition) is 1. The number of carbonyl (C=O) groups is 2. The second kappa shape index (κ2) is 18.0. The predicted octanol–water partition coefficient (Wildman–Crippen LogP) is 7.43. The number of unbranched alkanes of at least 4 members (excludes halogenated alkanes) is 13. The highest BCUT2D eigenvalue weighted by Crippen LogP contribution is 2.27. The van der Waals surface area contributed by atoms with Gasteiger partial charge in [-0.05, 0) is 32.6 Å². The second-order valence-corrected chi connectivity index (χ2v) is 8.59.